The van der Waals surface area contributed by atoms with Gasteiger partial charge in [0.1, 0.15) is 5.82 Å². The van der Waals surface area contributed by atoms with Gasteiger partial charge in [-0.3, -0.25) is 0 Å². The molecule has 0 saturated heterocycles. The van der Waals surface area contributed by atoms with Crippen molar-refractivity contribution in [3.8, 4) is 6.07 Å². The van der Waals surface area contributed by atoms with Crippen LogP contribution in [0.25, 0.3) is 0 Å². The summed E-state index contributed by atoms with van der Waals surface area (Å²) in [4.78, 5) is 0. The maximum absolute atomic E-state index is 13.1. The Morgan fingerprint density at radius 2 is 1.93 bits per heavy atom. The molecular formula is C13H14FN. The average Bonchev–Trinajstić information content (AvgIpc) is 2.30. The van der Waals surface area contributed by atoms with E-state index in [1.165, 1.54) is 18.6 Å². The molecule has 1 aromatic rings. The van der Waals surface area contributed by atoms with E-state index in [4.69, 9.17) is 0 Å². The van der Waals surface area contributed by atoms with Crippen molar-refractivity contribution in [3.63, 3.8) is 0 Å². The number of hydrogen-bond donors (Lipinski definition) is 0. The highest BCUT2D eigenvalue weighted by Crippen LogP contribution is 2.38. The van der Waals surface area contributed by atoms with Crippen molar-refractivity contribution >= 4 is 0 Å². The number of nitriles is 1. The lowest BCUT2D eigenvalue weighted by atomic mass is 9.70. The van der Waals surface area contributed by atoms with Gasteiger partial charge in [0, 0.05) is 0 Å². The van der Waals surface area contributed by atoms with Crippen LogP contribution in [0.3, 0.4) is 0 Å². The van der Waals surface area contributed by atoms with Crippen LogP contribution in [-0.2, 0) is 5.41 Å². The summed E-state index contributed by atoms with van der Waals surface area (Å²) in [6.07, 6.45) is 5.08. The van der Waals surface area contributed by atoms with Gasteiger partial charge >= 0.3 is 0 Å². The maximum atomic E-state index is 13.1. The summed E-state index contributed by atoms with van der Waals surface area (Å²) in [5.74, 6) is -0.243. The zero-order chi connectivity index (χ0) is 10.7. The minimum atomic E-state index is -0.430. The van der Waals surface area contributed by atoms with Crippen molar-refractivity contribution in [1.82, 2.24) is 0 Å². The lowest BCUT2D eigenvalue weighted by molar-refractivity contribution is 0.365. The molecule has 1 aliphatic carbocycles. The molecule has 0 spiro atoms. The van der Waals surface area contributed by atoms with Crippen LogP contribution in [0.4, 0.5) is 4.39 Å². The molecule has 0 aromatic heterocycles. The Labute approximate surface area is 89.5 Å². The number of rotatable bonds is 1. The minimum Gasteiger partial charge on any atom is -0.207 e. The van der Waals surface area contributed by atoms with Crippen LogP contribution in [-0.4, -0.2) is 0 Å². The van der Waals surface area contributed by atoms with Crippen LogP contribution >= 0.6 is 0 Å². The first-order valence-corrected chi connectivity index (χ1v) is 5.44. The minimum absolute atomic E-state index is 0.243. The molecular weight excluding hydrogens is 189 g/mol. The van der Waals surface area contributed by atoms with E-state index in [-0.39, 0.29) is 5.82 Å². The summed E-state index contributed by atoms with van der Waals surface area (Å²) in [6.45, 7) is 0. The normalized spacial score (nSPS) is 19.5. The summed E-state index contributed by atoms with van der Waals surface area (Å²) >= 11 is 0. The standard InChI is InChI=1S/C13H14FN/c14-12-6-4-5-11(9-12)13(10-15)7-2-1-3-8-13/h4-6,9H,1-3,7-8H2. The molecule has 0 aliphatic heterocycles. The molecule has 1 aromatic carbocycles. The molecule has 15 heavy (non-hydrogen) atoms. The molecule has 0 unspecified atom stereocenters. The van der Waals surface area contributed by atoms with Gasteiger partial charge in [-0.05, 0) is 30.5 Å². The van der Waals surface area contributed by atoms with Crippen LogP contribution in [0.1, 0.15) is 37.7 Å². The topological polar surface area (TPSA) is 23.8 Å². The van der Waals surface area contributed by atoms with Crippen molar-refractivity contribution in [2.24, 2.45) is 0 Å². The lowest BCUT2D eigenvalue weighted by Gasteiger charge is -2.31. The number of hydrogen-bond acceptors (Lipinski definition) is 1. The van der Waals surface area contributed by atoms with E-state index in [2.05, 4.69) is 6.07 Å². The van der Waals surface area contributed by atoms with Crippen molar-refractivity contribution in [3.05, 3.63) is 35.6 Å². The Kier molecular flexibility index (Phi) is 2.73. The summed E-state index contributed by atoms with van der Waals surface area (Å²) in [6, 6.07) is 8.90. The van der Waals surface area contributed by atoms with Crippen molar-refractivity contribution < 1.29 is 4.39 Å². The molecule has 2 heteroatoms. The molecule has 0 N–H and O–H groups in total. The predicted octanol–water partition coefficient (Wildman–Crippen LogP) is 3.55. The Hall–Kier alpha value is -1.36. The van der Waals surface area contributed by atoms with Gasteiger partial charge in [0.25, 0.3) is 0 Å². The molecule has 0 amide bonds. The van der Waals surface area contributed by atoms with Crippen LogP contribution in [0.15, 0.2) is 24.3 Å². The molecule has 2 rings (SSSR count). The largest absolute Gasteiger partial charge is 0.207 e. The molecule has 0 atom stereocenters. The first-order valence-electron chi connectivity index (χ1n) is 5.44. The monoisotopic (exact) mass is 203 g/mol. The predicted molar refractivity (Wildman–Crippen MR) is 56.8 cm³/mol. The van der Waals surface area contributed by atoms with Gasteiger partial charge in [0.05, 0.1) is 11.5 Å². The summed E-state index contributed by atoms with van der Waals surface area (Å²) < 4.78 is 13.1. The molecule has 1 fully saturated rings. The highest BCUT2D eigenvalue weighted by molar-refractivity contribution is 5.33. The molecule has 78 valence electrons. The fraction of sp³-hybridized carbons (Fsp3) is 0.462. The highest BCUT2D eigenvalue weighted by Gasteiger charge is 2.33. The third kappa shape index (κ3) is 1.87. The first-order chi connectivity index (χ1) is 7.27. The van der Waals surface area contributed by atoms with E-state index in [0.717, 1.165) is 31.2 Å². The van der Waals surface area contributed by atoms with Crippen LogP contribution in [0, 0.1) is 17.1 Å². The fourth-order valence-electron chi connectivity index (χ4n) is 2.41. The van der Waals surface area contributed by atoms with Gasteiger partial charge in [-0.2, -0.15) is 5.26 Å². The summed E-state index contributed by atoms with van der Waals surface area (Å²) in [5.41, 5.74) is 0.421. The quantitative estimate of drug-likeness (QED) is 0.684. The van der Waals surface area contributed by atoms with Crippen LogP contribution in [0.5, 0.6) is 0 Å². The SMILES string of the molecule is N#CC1(c2cccc(F)c2)CCCCC1. The van der Waals surface area contributed by atoms with Gasteiger partial charge in [-0.15, -0.1) is 0 Å². The smallest absolute Gasteiger partial charge is 0.123 e. The van der Waals surface area contributed by atoms with E-state index in [0.29, 0.717) is 0 Å². The first kappa shape index (κ1) is 10.2. The van der Waals surface area contributed by atoms with Gasteiger partial charge in [-0.1, -0.05) is 31.4 Å². The molecule has 0 heterocycles. The Morgan fingerprint density at radius 3 is 2.53 bits per heavy atom. The molecule has 0 radical (unpaired) electrons. The molecule has 1 saturated carbocycles. The van der Waals surface area contributed by atoms with Gasteiger partial charge in [0.2, 0.25) is 0 Å². The Bertz CT molecular complexity index is 386. The highest BCUT2D eigenvalue weighted by atomic mass is 19.1. The van der Waals surface area contributed by atoms with E-state index in [9.17, 15) is 9.65 Å². The molecule has 1 aliphatic rings. The number of nitrogens with zero attached hydrogens (tertiary/aromatic N) is 1. The third-order valence-corrected chi connectivity index (χ3v) is 3.30. The lowest BCUT2D eigenvalue weighted by Crippen LogP contribution is -2.27. The van der Waals surface area contributed by atoms with Crippen LogP contribution < -0.4 is 0 Å². The van der Waals surface area contributed by atoms with Crippen molar-refractivity contribution in [2.75, 3.05) is 0 Å². The number of halogens is 1. The maximum Gasteiger partial charge on any atom is 0.123 e. The summed E-state index contributed by atoms with van der Waals surface area (Å²) in [7, 11) is 0. The van der Waals surface area contributed by atoms with E-state index in [1.807, 2.05) is 6.07 Å². The second-order valence-corrected chi connectivity index (χ2v) is 4.26. The zero-order valence-corrected chi connectivity index (χ0v) is 8.67. The Morgan fingerprint density at radius 1 is 1.20 bits per heavy atom. The van der Waals surface area contributed by atoms with Crippen molar-refractivity contribution in [1.29, 1.82) is 5.26 Å². The molecule has 0 bridgehead atoms. The van der Waals surface area contributed by atoms with E-state index in [1.54, 1.807) is 6.07 Å². The summed E-state index contributed by atoms with van der Waals surface area (Å²) in [5, 5.41) is 9.31. The zero-order valence-electron chi connectivity index (χ0n) is 8.67. The second-order valence-electron chi connectivity index (χ2n) is 4.26. The molecule has 1 nitrogen and oxygen atoms in total. The van der Waals surface area contributed by atoms with E-state index < -0.39 is 5.41 Å². The van der Waals surface area contributed by atoms with Crippen molar-refractivity contribution in [2.45, 2.75) is 37.5 Å². The number of benzene rings is 1. The third-order valence-electron chi connectivity index (χ3n) is 3.30. The van der Waals surface area contributed by atoms with Crippen LogP contribution in [0.2, 0.25) is 0 Å². The Balaban J connectivity index is 2.37. The average molecular weight is 203 g/mol. The fourth-order valence-corrected chi connectivity index (χ4v) is 2.41. The van der Waals surface area contributed by atoms with E-state index >= 15 is 0 Å². The van der Waals surface area contributed by atoms with Gasteiger partial charge in [-0.25, -0.2) is 4.39 Å². The van der Waals surface area contributed by atoms with Gasteiger partial charge < -0.3 is 0 Å². The van der Waals surface area contributed by atoms with Gasteiger partial charge in [0.15, 0.2) is 0 Å². The second kappa shape index (κ2) is 4.02.